The lowest BCUT2D eigenvalue weighted by molar-refractivity contribution is 0.399. The van der Waals surface area contributed by atoms with Gasteiger partial charge in [0.15, 0.2) is 0 Å². The van der Waals surface area contributed by atoms with Crippen molar-refractivity contribution in [3.63, 3.8) is 0 Å². The molecule has 72 valence electrons. The van der Waals surface area contributed by atoms with Crippen molar-refractivity contribution in [3.8, 4) is 11.6 Å². The molecule has 1 aromatic carbocycles. The molecule has 1 N–H and O–H groups in total. The van der Waals surface area contributed by atoms with Crippen LogP contribution in [0.4, 0.5) is 4.39 Å². The van der Waals surface area contributed by atoms with Gasteiger partial charge in [0.05, 0.1) is 7.11 Å². The highest BCUT2D eigenvalue weighted by Crippen LogP contribution is 2.26. The van der Waals surface area contributed by atoms with Gasteiger partial charge in [-0.2, -0.15) is 0 Å². The summed E-state index contributed by atoms with van der Waals surface area (Å²) >= 11 is 0. The van der Waals surface area contributed by atoms with E-state index in [1.54, 1.807) is 12.1 Å². The second-order valence-corrected chi connectivity index (χ2v) is 2.82. The van der Waals surface area contributed by atoms with Crippen LogP contribution in [0.1, 0.15) is 0 Å². The van der Waals surface area contributed by atoms with Crippen LogP contribution in [0, 0.1) is 5.82 Å². The van der Waals surface area contributed by atoms with E-state index in [4.69, 9.17) is 4.74 Å². The molecule has 0 saturated carbocycles. The summed E-state index contributed by atoms with van der Waals surface area (Å²) in [6.07, 6.45) is 0. The van der Waals surface area contributed by atoms with E-state index in [2.05, 4.69) is 4.98 Å². The van der Waals surface area contributed by atoms with E-state index in [9.17, 15) is 9.50 Å². The molecule has 2 aromatic rings. The van der Waals surface area contributed by atoms with Gasteiger partial charge in [0.1, 0.15) is 17.1 Å². The van der Waals surface area contributed by atoms with E-state index >= 15 is 0 Å². The predicted molar refractivity (Wildman–Crippen MR) is 49.9 cm³/mol. The summed E-state index contributed by atoms with van der Waals surface area (Å²) in [4.78, 5) is 3.90. The maximum atomic E-state index is 13.3. The van der Waals surface area contributed by atoms with Gasteiger partial charge in [-0.1, -0.05) is 0 Å². The Morgan fingerprint density at radius 2 is 2.07 bits per heavy atom. The summed E-state index contributed by atoms with van der Waals surface area (Å²) in [6.45, 7) is 0. The number of pyridine rings is 1. The zero-order chi connectivity index (χ0) is 10.1. The lowest BCUT2D eigenvalue weighted by atomic mass is 10.2. The first kappa shape index (κ1) is 8.74. The number of nitrogens with zero attached hydrogens (tertiary/aromatic N) is 1. The number of halogens is 1. The molecular formula is C10H8FNO2. The smallest absolute Gasteiger partial charge is 0.213 e. The number of hydrogen-bond donors (Lipinski definition) is 1. The van der Waals surface area contributed by atoms with Crippen LogP contribution in [0.25, 0.3) is 10.9 Å². The van der Waals surface area contributed by atoms with E-state index < -0.39 is 5.82 Å². The first-order valence-corrected chi connectivity index (χ1v) is 4.04. The fourth-order valence-corrected chi connectivity index (χ4v) is 1.26. The molecule has 1 heterocycles. The van der Waals surface area contributed by atoms with Crippen molar-refractivity contribution >= 4 is 10.9 Å². The molecular weight excluding hydrogens is 185 g/mol. The number of benzene rings is 1. The third kappa shape index (κ3) is 1.25. The lowest BCUT2D eigenvalue weighted by Crippen LogP contribution is -1.90. The van der Waals surface area contributed by atoms with Crippen LogP contribution in [-0.2, 0) is 0 Å². The molecule has 0 aliphatic heterocycles. The molecule has 0 saturated heterocycles. The van der Waals surface area contributed by atoms with Crippen molar-refractivity contribution in [1.29, 1.82) is 0 Å². The monoisotopic (exact) mass is 193 g/mol. The van der Waals surface area contributed by atoms with Gasteiger partial charge in [0, 0.05) is 11.5 Å². The van der Waals surface area contributed by atoms with Crippen molar-refractivity contribution in [2.75, 3.05) is 7.11 Å². The molecule has 0 spiro atoms. The molecule has 0 atom stereocenters. The predicted octanol–water partition coefficient (Wildman–Crippen LogP) is 2.09. The van der Waals surface area contributed by atoms with E-state index in [0.717, 1.165) is 0 Å². The first-order chi connectivity index (χ1) is 6.72. The van der Waals surface area contributed by atoms with Crippen molar-refractivity contribution in [3.05, 3.63) is 30.1 Å². The third-order valence-corrected chi connectivity index (χ3v) is 1.97. The Morgan fingerprint density at radius 1 is 1.29 bits per heavy atom. The zero-order valence-electron chi connectivity index (χ0n) is 7.49. The molecule has 0 unspecified atom stereocenters. The molecule has 0 aliphatic carbocycles. The van der Waals surface area contributed by atoms with E-state index in [0.29, 0.717) is 11.3 Å². The highest BCUT2D eigenvalue weighted by Gasteiger charge is 2.07. The number of ether oxygens (including phenoxy) is 1. The molecule has 3 nitrogen and oxygen atoms in total. The summed E-state index contributed by atoms with van der Waals surface area (Å²) in [6, 6.07) is 5.61. The number of phenolic OH excluding ortho intramolecular Hbond substituents is 1. The average molecular weight is 193 g/mol. The van der Waals surface area contributed by atoms with Crippen LogP contribution < -0.4 is 4.74 Å². The van der Waals surface area contributed by atoms with Gasteiger partial charge in [-0.25, -0.2) is 9.37 Å². The molecule has 4 heteroatoms. The molecule has 14 heavy (non-hydrogen) atoms. The summed E-state index contributed by atoms with van der Waals surface area (Å²) in [7, 11) is 1.45. The second-order valence-electron chi connectivity index (χ2n) is 2.82. The molecule has 1 aromatic heterocycles. The fourth-order valence-electron chi connectivity index (χ4n) is 1.26. The number of hydrogen-bond acceptors (Lipinski definition) is 3. The largest absolute Gasteiger partial charge is 0.507 e. The Labute approximate surface area is 79.8 Å². The quantitative estimate of drug-likeness (QED) is 0.754. The summed E-state index contributed by atoms with van der Waals surface area (Å²) < 4.78 is 18.1. The minimum Gasteiger partial charge on any atom is -0.507 e. The average Bonchev–Trinajstić information content (AvgIpc) is 2.23. The first-order valence-electron chi connectivity index (χ1n) is 4.04. The number of methoxy groups -OCH3 is 1. The van der Waals surface area contributed by atoms with Gasteiger partial charge in [-0.3, -0.25) is 0 Å². The van der Waals surface area contributed by atoms with Crippen LogP contribution >= 0.6 is 0 Å². The highest BCUT2D eigenvalue weighted by atomic mass is 19.1. The highest BCUT2D eigenvalue weighted by molar-refractivity contribution is 5.85. The number of phenols is 1. The molecule has 0 bridgehead atoms. The summed E-state index contributed by atoms with van der Waals surface area (Å²) in [5, 5.41) is 9.79. The van der Waals surface area contributed by atoms with Crippen LogP contribution in [0.5, 0.6) is 11.6 Å². The van der Waals surface area contributed by atoms with E-state index in [1.165, 1.54) is 19.2 Å². The van der Waals surface area contributed by atoms with Crippen LogP contribution in [0.3, 0.4) is 0 Å². The van der Waals surface area contributed by atoms with Crippen LogP contribution in [0.15, 0.2) is 24.3 Å². The third-order valence-electron chi connectivity index (χ3n) is 1.97. The van der Waals surface area contributed by atoms with Gasteiger partial charge in [0.2, 0.25) is 5.88 Å². The minimum atomic E-state index is -0.475. The van der Waals surface area contributed by atoms with Crippen LogP contribution in [-0.4, -0.2) is 17.2 Å². The number of fused-ring (bicyclic) bond motifs is 1. The number of aromatic hydroxyl groups is 1. The Morgan fingerprint density at radius 3 is 2.79 bits per heavy atom. The SMILES string of the molecule is COc1ccc2c(O)ccc(F)c2n1. The van der Waals surface area contributed by atoms with E-state index in [1.807, 2.05) is 0 Å². The molecule has 2 rings (SSSR count). The van der Waals surface area contributed by atoms with Gasteiger partial charge < -0.3 is 9.84 Å². The number of aromatic nitrogens is 1. The van der Waals surface area contributed by atoms with Gasteiger partial charge in [0.25, 0.3) is 0 Å². The van der Waals surface area contributed by atoms with Gasteiger partial charge in [-0.15, -0.1) is 0 Å². The summed E-state index contributed by atoms with van der Waals surface area (Å²) in [5.74, 6) is -0.143. The number of rotatable bonds is 1. The second kappa shape index (κ2) is 3.14. The standard InChI is InChI=1S/C10H8FNO2/c1-14-9-5-2-6-8(13)4-3-7(11)10(6)12-9/h2-5,13H,1H3. The molecule has 0 fully saturated rings. The Kier molecular flexibility index (Phi) is 1.96. The van der Waals surface area contributed by atoms with Crippen molar-refractivity contribution in [1.82, 2.24) is 4.98 Å². The Balaban J connectivity index is 2.80. The van der Waals surface area contributed by atoms with Gasteiger partial charge in [-0.05, 0) is 18.2 Å². The molecule has 0 amide bonds. The lowest BCUT2D eigenvalue weighted by Gasteiger charge is -2.03. The molecule has 0 aliphatic rings. The van der Waals surface area contributed by atoms with Crippen LogP contribution in [0.2, 0.25) is 0 Å². The Bertz CT molecular complexity index is 485. The fraction of sp³-hybridized carbons (Fsp3) is 0.100. The zero-order valence-corrected chi connectivity index (χ0v) is 7.49. The maximum absolute atomic E-state index is 13.3. The maximum Gasteiger partial charge on any atom is 0.213 e. The van der Waals surface area contributed by atoms with Gasteiger partial charge >= 0.3 is 0 Å². The van der Waals surface area contributed by atoms with E-state index in [-0.39, 0.29) is 11.3 Å². The normalized spacial score (nSPS) is 10.4. The van der Waals surface area contributed by atoms with Crippen molar-refractivity contribution in [2.45, 2.75) is 0 Å². The van der Waals surface area contributed by atoms with Crippen molar-refractivity contribution < 1.29 is 14.2 Å². The Hall–Kier alpha value is -1.84. The topological polar surface area (TPSA) is 42.4 Å². The minimum absolute atomic E-state index is 0.0107. The molecule has 0 radical (unpaired) electrons. The van der Waals surface area contributed by atoms with Crippen molar-refractivity contribution in [2.24, 2.45) is 0 Å². The summed E-state index contributed by atoms with van der Waals surface area (Å²) in [5.41, 5.74) is 0.115.